The topological polar surface area (TPSA) is 32.0 Å². The van der Waals surface area contributed by atoms with Gasteiger partial charge in [-0.2, -0.15) is 0 Å². The van der Waals surface area contributed by atoms with Crippen LogP contribution in [0.5, 0.6) is 0 Å². The summed E-state index contributed by atoms with van der Waals surface area (Å²) in [5.74, 6) is 1.96. The smallest absolute Gasteiger partial charge is 0.195 e. The van der Waals surface area contributed by atoms with E-state index >= 15 is 0 Å². The molecule has 110 valence electrons. The molecule has 0 bridgehead atoms. The van der Waals surface area contributed by atoms with Gasteiger partial charge in [-0.25, -0.2) is 0 Å². The molecule has 0 N–H and O–H groups in total. The van der Waals surface area contributed by atoms with Crippen LogP contribution >= 0.6 is 24.0 Å². The maximum atomic E-state index is 5.77. The fraction of sp³-hybridized carbons (Fsp3) is 0.400. The van der Waals surface area contributed by atoms with E-state index < -0.39 is 0 Å². The van der Waals surface area contributed by atoms with Gasteiger partial charge in [0.15, 0.2) is 5.96 Å². The minimum absolute atomic E-state index is 0. The van der Waals surface area contributed by atoms with E-state index in [2.05, 4.69) is 17.1 Å². The summed E-state index contributed by atoms with van der Waals surface area (Å²) in [4.78, 5) is 8.62. The monoisotopic (exact) mass is 387 g/mol. The zero-order valence-electron chi connectivity index (χ0n) is 12.5. The Morgan fingerprint density at radius 3 is 2.35 bits per heavy atom. The highest BCUT2D eigenvalue weighted by molar-refractivity contribution is 14.0. The Labute approximate surface area is 137 Å². The lowest BCUT2D eigenvalue weighted by atomic mass is 10.2. The standard InChI is InChI=1S/C15H21N3O.HI/c1-17(2)15(18(3)4)16-10-9-13-11-12-7-5-6-8-14(12)19-13;/h5-8,11H,9-10H2,1-4H3;1H. The van der Waals surface area contributed by atoms with E-state index in [0.717, 1.165) is 35.7 Å². The van der Waals surface area contributed by atoms with Crippen molar-refractivity contribution in [2.24, 2.45) is 4.99 Å². The molecular weight excluding hydrogens is 365 g/mol. The van der Waals surface area contributed by atoms with Crippen LogP contribution in [-0.4, -0.2) is 50.5 Å². The van der Waals surface area contributed by atoms with Gasteiger partial charge >= 0.3 is 0 Å². The fourth-order valence-electron chi connectivity index (χ4n) is 2.11. The first-order valence-corrected chi connectivity index (χ1v) is 6.44. The molecule has 0 spiro atoms. The van der Waals surface area contributed by atoms with Gasteiger partial charge in [0.05, 0.1) is 0 Å². The van der Waals surface area contributed by atoms with Crippen molar-refractivity contribution in [2.75, 3.05) is 34.7 Å². The zero-order valence-corrected chi connectivity index (χ0v) is 14.8. The minimum atomic E-state index is 0. The van der Waals surface area contributed by atoms with E-state index in [4.69, 9.17) is 4.42 Å². The normalized spacial score (nSPS) is 10.0. The Morgan fingerprint density at radius 1 is 1.10 bits per heavy atom. The van der Waals surface area contributed by atoms with E-state index in [0.29, 0.717) is 0 Å². The first kappa shape index (κ1) is 16.8. The predicted octanol–water partition coefficient (Wildman–Crippen LogP) is 3.07. The van der Waals surface area contributed by atoms with Gasteiger partial charge in [0, 0.05) is 46.5 Å². The molecule has 1 heterocycles. The predicted molar refractivity (Wildman–Crippen MR) is 95.0 cm³/mol. The van der Waals surface area contributed by atoms with Gasteiger partial charge in [0.2, 0.25) is 0 Å². The Balaban J connectivity index is 0.00000200. The first-order valence-electron chi connectivity index (χ1n) is 6.44. The molecule has 0 amide bonds. The SMILES string of the molecule is CN(C)C(=NCCc1cc2ccccc2o1)N(C)C.I. The summed E-state index contributed by atoms with van der Waals surface area (Å²) in [6, 6.07) is 10.2. The number of para-hydroxylation sites is 1. The molecule has 0 unspecified atom stereocenters. The second kappa shape index (κ2) is 7.52. The van der Waals surface area contributed by atoms with Crippen LogP contribution < -0.4 is 0 Å². The number of furan rings is 1. The number of rotatable bonds is 3. The average molecular weight is 387 g/mol. The first-order chi connectivity index (χ1) is 9.08. The highest BCUT2D eigenvalue weighted by Gasteiger charge is 2.05. The molecule has 2 aromatic rings. The van der Waals surface area contributed by atoms with Crippen molar-refractivity contribution < 1.29 is 4.42 Å². The van der Waals surface area contributed by atoms with Gasteiger partial charge in [-0.05, 0) is 12.1 Å². The molecule has 0 atom stereocenters. The highest BCUT2D eigenvalue weighted by Crippen LogP contribution is 2.18. The third-order valence-corrected chi connectivity index (χ3v) is 2.89. The Hall–Kier alpha value is -1.24. The average Bonchev–Trinajstić information content (AvgIpc) is 2.76. The van der Waals surface area contributed by atoms with Gasteiger partial charge in [0.1, 0.15) is 11.3 Å². The third-order valence-electron chi connectivity index (χ3n) is 2.89. The fourth-order valence-corrected chi connectivity index (χ4v) is 2.11. The number of nitrogens with zero attached hydrogens (tertiary/aromatic N) is 3. The zero-order chi connectivity index (χ0) is 13.8. The second-order valence-corrected chi connectivity index (χ2v) is 4.97. The van der Waals surface area contributed by atoms with Gasteiger partial charge < -0.3 is 14.2 Å². The van der Waals surface area contributed by atoms with Crippen LogP contribution in [0.25, 0.3) is 11.0 Å². The Kier molecular flexibility index (Phi) is 6.32. The summed E-state index contributed by atoms with van der Waals surface area (Å²) in [6.45, 7) is 0.728. The quantitative estimate of drug-likeness (QED) is 0.461. The number of hydrogen-bond acceptors (Lipinski definition) is 2. The van der Waals surface area contributed by atoms with Crippen molar-refractivity contribution in [1.29, 1.82) is 0 Å². The molecule has 0 fully saturated rings. The molecule has 0 saturated heterocycles. The maximum Gasteiger partial charge on any atom is 0.195 e. The summed E-state index contributed by atoms with van der Waals surface area (Å²) in [7, 11) is 8.00. The number of hydrogen-bond donors (Lipinski definition) is 0. The molecular formula is C15H22IN3O. The van der Waals surface area contributed by atoms with Crippen molar-refractivity contribution in [3.8, 4) is 0 Å². The summed E-state index contributed by atoms with van der Waals surface area (Å²) in [5.41, 5.74) is 0.946. The molecule has 5 heteroatoms. The molecule has 4 nitrogen and oxygen atoms in total. The Bertz CT molecular complexity index is 532. The van der Waals surface area contributed by atoms with Crippen LogP contribution in [-0.2, 0) is 6.42 Å². The largest absolute Gasteiger partial charge is 0.461 e. The van der Waals surface area contributed by atoms with Gasteiger partial charge in [-0.15, -0.1) is 24.0 Å². The van der Waals surface area contributed by atoms with Crippen molar-refractivity contribution in [3.63, 3.8) is 0 Å². The van der Waals surface area contributed by atoms with E-state index in [1.807, 2.05) is 56.2 Å². The number of fused-ring (bicyclic) bond motifs is 1. The van der Waals surface area contributed by atoms with Crippen LogP contribution in [0, 0.1) is 0 Å². The summed E-state index contributed by atoms with van der Waals surface area (Å²) < 4.78 is 5.77. The number of halogens is 1. The van der Waals surface area contributed by atoms with E-state index in [1.165, 1.54) is 0 Å². The van der Waals surface area contributed by atoms with Crippen LogP contribution in [0.4, 0.5) is 0 Å². The number of aliphatic imine (C=N–C) groups is 1. The maximum absolute atomic E-state index is 5.77. The van der Waals surface area contributed by atoms with Gasteiger partial charge in [0.25, 0.3) is 0 Å². The molecule has 0 aliphatic carbocycles. The van der Waals surface area contributed by atoms with Crippen molar-refractivity contribution in [2.45, 2.75) is 6.42 Å². The Morgan fingerprint density at radius 2 is 1.75 bits per heavy atom. The van der Waals surface area contributed by atoms with E-state index in [9.17, 15) is 0 Å². The lowest BCUT2D eigenvalue weighted by molar-refractivity contribution is 0.477. The molecule has 2 rings (SSSR count). The summed E-state index contributed by atoms with van der Waals surface area (Å²) in [6.07, 6.45) is 0.819. The number of guanidine groups is 1. The van der Waals surface area contributed by atoms with E-state index in [-0.39, 0.29) is 24.0 Å². The van der Waals surface area contributed by atoms with Gasteiger partial charge in [-0.3, -0.25) is 4.99 Å². The van der Waals surface area contributed by atoms with Crippen LogP contribution in [0.15, 0.2) is 39.7 Å². The van der Waals surface area contributed by atoms with Crippen molar-refractivity contribution >= 4 is 40.9 Å². The van der Waals surface area contributed by atoms with Gasteiger partial charge in [-0.1, -0.05) is 18.2 Å². The van der Waals surface area contributed by atoms with Crippen LogP contribution in [0.1, 0.15) is 5.76 Å². The molecule has 20 heavy (non-hydrogen) atoms. The lowest BCUT2D eigenvalue weighted by Crippen LogP contribution is -2.35. The van der Waals surface area contributed by atoms with Crippen LogP contribution in [0.2, 0.25) is 0 Å². The summed E-state index contributed by atoms with van der Waals surface area (Å²) >= 11 is 0. The van der Waals surface area contributed by atoms with E-state index in [1.54, 1.807) is 0 Å². The van der Waals surface area contributed by atoms with Crippen molar-refractivity contribution in [3.05, 3.63) is 36.1 Å². The molecule has 0 aliphatic heterocycles. The van der Waals surface area contributed by atoms with Crippen molar-refractivity contribution in [1.82, 2.24) is 9.80 Å². The minimum Gasteiger partial charge on any atom is -0.461 e. The highest BCUT2D eigenvalue weighted by atomic mass is 127. The second-order valence-electron chi connectivity index (χ2n) is 4.97. The molecule has 1 aromatic heterocycles. The number of benzene rings is 1. The lowest BCUT2D eigenvalue weighted by Gasteiger charge is -2.22. The van der Waals surface area contributed by atoms with Crippen LogP contribution in [0.3, 0.4) is 0 Å². The molecule has 0 saturated carbocycles. The molecule has 0 aliphatic rings. The third kappa shape index (κ3) is 4.13. The molecule has 0 radical (unpaired) electrons. The molecule has 1 aromatic carbocycles. The summed E-state index contributed by atoms with van der Waals surface area (Å²) in [5, 5.41) is 1.15.